The summed E-state index contributed by atoms with van der Waals surface area (Å²) in [5.41, 5.74) is 5.62. The first kappa shape index (κ1) is 15.2. The highest BCUT2D eigenvalue weighted by molar-refractivity contribution is 7.87. The van der Waals surface area contributed by atoms with E-state index in [0.717, 1.165) is 38.9 Å². The van der Waals surface area contributed by atoms with Gasteiger partial charge < -0.3 is 10.5 Å². The molecule has 0 aliphatic carbocycles. The summed E-state index contributed by atoms with van der Waals surface area (Å²) >= 11 is 0. The van der Waals surface area contributed by atoms with Gasteiger partial charge in [0.25, 0.3) is 10.2 Å². The van der Waals surface area contributed by atoms with Crippen LogP contribution in [0, 0.1) is 11.8 Å². The number of nitrogens with zero attached hydrogens (tertiary/aromatic N) is 1. The normalized spacial score (nSPS) is 24.7. The van der Waals surface area contributed by atoms with Crippen LogP contribution in [0.3, 0.4) is 0 Å². The van der Waals surface area contributed by atoms with Crippen molar-refractivity contribution in [3.63, 3.8) is 0 Å². The second-order valence-corrected chi connectivity index (χ2v) is 7.24. The lowest BCUT2D eigenvalue weighted by Gasteiger charge is -2.31. The third-order valence-corrected chi connectivity index (χ3v) is 5.72. The van der Waals surface area contributed by atoms with E-state index in [1.54, 1.807) is 4.31 Å². The van der Waals surface area contributed by atoms with Crippen molar-refractivity contribution in [1.29, 1.82) is 0 Å². The molecule has 2 saturated heterocycles. The maximum absolute atomic E-state index is 12.2. The number of nitrogens with one attached hydrogen (secondary N) is 1. The summed E-state index contributed by atoms with van der Waals surface area (Å²) in [4.78, 5) is 0. The van der Waals surface area contributed by atoms with E-state index in [-0.39, 0.29) is 0 Å². The molecule has 0 spiro atoms. The summed E-state index contributed by atoms with van der Waals surface area (Å²) in [6, 6.07) is 0. The highest BCUT2D eigenvalue weighted by atomic mass is 32.2. The lowest BCUT2D eigenvalue weighted by Crippen LogP contribution is -2.47. The zero-order chi connectivity index (χ0) is 13.7. The van der Waals surface area contributed by atoms with Gasteiger partial charge in [-0.15, -0.1) is 0 Å². The Morgan fingerprint density at radius 3 is 2.32 bits per heavy atom. The van der Waals surface area contributed by atoms with Gasteiger partial charge >= 0.3 is 0 Å². The van der Waals surface area contributed by atoms with E-state index in [9.17, 15) is 8.42 Å². The van der Waals surface area contributed by atoms with Gasteiger partial charge in [0.2, 0.25) is 0 Å². The predicted octanol–water partition coefficient (Wildman–Crippen LogP) is -0.0819. The Morgan fingerprint density at radius 2 is 1.74 bits per heavy atom. The fourth-order valence-electron chi connectivity index (χ4n) is 2.65. The molecule has 7 heteroatoms. The van der Waals surface area contributed by atoms with E-state index in [4.69, 9.17) is 10.5 Å². The molecule has 2 rings (SSSR count). The van der Waals surface area contributed by atoms with Crippen LogP contribution in [0.25, 0.3) is 0 Å². The van der Waals surface area contributed by atoms with Crippen molar-refractivity contribution in [2.24, 2.45) is 17.6 Å². The molecule has 0 aromatic carbocycles. The van der Waals surface area contributed by atoms with Gasteiger partial charge in [0, 0.05) is 32.8 Å². The summed E-state index contributed by atoms with van der Waals surface area (Å²) in [7, 11) is -3.31. The third-order valence-electron chi connectivity index (χ3n) is 4.14. The van der Waals surface area contributed by atoms with Crippen LogP contribution in [0.4, 0.5) is 0 Å². The van der Waals surface area contributed by atoms with Gasteiger partial charge in [0.15, 0.2) is 0 Å². The highest BCUT2D eigenvalue weighted by Gasteiger charge is 2.28. The van der Waals surface area contributed by atoms with Gasteiger partial charge in [-0.3, -0.25) is 0 Å². The fourth-order valence-corrected chi connectivity index (χ4v) is 3.97. The zero-order valence-corrected chi connectivity index (χ0v) is 12.2. The largest absolute Gasteiger partial charge is 0.381 e. The van der Waals surface area contributed by atoms with Crippen molar-refractivity contribution in [3.05, 3.63) is 0 Å². The molecule has 0 bridgehead atoms. The molecule has 0 radical (unpaired) electrons. The Balaban J connectivity index is 1.78. The number of hydrogen-bond acceptors (Lipinski definition) is 4. The van der Waals surface area contributed by atoms with Crippen LogP contribution in [0.5, 0.6) is 0 Å². The van der Waals surface area contributed by atoms with Crippen molar-refractivity contribution < 1.29 is 13.2 Å². The summed E-state index contributed by atoms with van der Waals surface area (Å²) < 4.78 is 33.9. The topological polar surface area (TPSA) is 84.7 Å². The molecule has 3 N–H and O–H groups in total. The second-order valence-electron chi connectivity index (χ2n) is 5.49. The molecule has 2 aliphatic heterocycles. The minimum atomic E-state index is -3.31. The number of ether oxygens (including phenoxy) is 1. The average Bonchev–Trinajstić information content (AvgIpc) is 2.46. The minimum Gasteiger partial charge on any atom is -0.381 e. The summed E-state index contributed by atoms with van der Waals surface area (Å²) in [6.07, 6.45) is 3.62. The van der Waals surface area contributed by atoms with E-state index >= 15 is 0 Å². The zero-order valence-electron chi connectivity index (χ0n) is 11.4. The smallest absolute Gasteiger partial charge is 0.279 e. The van der Waals surface area contributed by atoms with Crippen molar-refractivity contribution in [1.82, 2.24) is 9.03 Å². The SMILES string of the molecule is NCC1CCN(S(=O)(=O)NCC2CCOCC2)CC1. The van der Waals surface area contributed by atoms with Crippen LogP contribution in [-0.2, 0) is 14.9 Å². The molecule has 0 amide bonds. The number of rotatable bonds is 5. The van der Waals surface area contributed by atoms with Crippen LogP contribution in [0.2, 0.25) is 0 Å². The van der Waals surface area contributed by atoms with E-state index in [1.165, 1.54) is 0 Å². The van der Waals surface area contributed by atoms with Gasteiger partial charge in [-0.1, -0.05) is 0 Å². The predicted molar refractivity (Wildman–Crippen MR) is 73.8 cm³/mol. The maximum Gasteiger partial charge on any atom is 0.279 e. The first-order chi connectivity index (χ1) is 9.12. The molecular weight excluding hydrogens is 266 g/mol. The highest BCUT2D eigenvalue weighted by Crippen LogP contribution is 2.19. The van der Waals surface area contributed by atoms with Crippen LogP contribution < -0.4 is 10.5 Å². The Kier molecular flexibility index (Phi) is 5.58. The van der Waals surface area contributed by atoms with Gasteiger partial charge in [-0.05, 0) is 44.1 Å². The molecule has 0 atom stereocenters. The standard InChI is InChI=1S/C12H25N3O3S/c13-9-11-1-5-15(6-2-11)19(16,17)14-10-12-3-7-18-8-4-12/h11-12,14H,1-10,13H2. The molecule has 0 aromatic rings. The summed E-state index contributed by atoms with van der Waals surface area (Å²) in [6.45, 7) is 3.85. The van der Waals surface area contributed by atoms with Gasteiger partial charge in [0.05, 0.1) is 0 Å². The Labute approximate surface area is 115 Å². The quantitative estimate of drug-likeness (QED) is 0.742. The Morgan fingerprint density at radius 1 is 1.11 bits per heavy atom. The van der Waals surface area contributed by atoms with E-state index in [1.807, 2.05) is 0 Å². The monoisotopic (exact) mass is 291 g/mol. The van der Waals surface area contributed by atoms with Crippen molar-refractivity contribution >= 4 is 10.2 Å². The molecule has 2 fully saturated rings. The number of hydrogen-bond donors (Lipinski definition) is 2. The third kappa shape index (κ3) is 4.39. The average molecular weight is 291 g/mol. The molecule has 19 heavy (non-hydrogen) atoms. The molecule has 0 saturated carbocycles. The molecule has 112 valence electrons. The maximum atomic E-state index is 12.2. The van der Waals surface area contributed by atoms with Crippen molar-refractivity contribution in [2.45, 2.75) is 25.7 Å². The van der Waals surface area contributed by atoms with E-state index in [2.05, 4.69) is 4.72 Å². The van der Waals surface area contributed by atoms with Gasteiger partial charge in [-0.25, -0.2) is 4.72 Å². The second kappa shape index (κ2) is 6.99. The Hall–Kier alpha value is -0.210. The Bertz CT molecular complexity index is 360. The lowest BCUT2D eigenvalue weighted by molar-refractivity contribution is 0.0676. The van der Waals surface area contributed by atoms with Crippen LogP contribution in [0.15, 0.2) is 0 Å². The van der Waals surface area contributed by atoms with E-state index < -0.39 is 10.2 Å². The molecule has 2 aliphatic rings. The molecule has 0 unspecified atom stereocenters. The lowest BCUT2D eigenvalue weighted by atomic mass is 9.99. The van der Waals surface area contributed by atoms with Crippen LogP contribution >= 0.6 is 0 Å². The van der Waals surface area contributed by atoms with Gasteiger partial charge in [-0.2, -0.15) is 12.7 Å². The molecule has 2 heterocycles. The minimum absolute atomic E-state index is 0.408. The van der Waals surface area contributed by atoms with E-state index in [0.29, 0.717) is 38.0 Å². The summed E-state index contributed by atoms with van der Waals surface area (Å²) in [5, 5.41) is 0. The molecular formula is C12H25N3O3S. The van der Waals surface area contributed by atoms with Crippen LogP contribution in [-0.4, -0.2) is 52.1 Å². The van der Waals surface area contributed by atoms with Crippen molar-refractivity contribution in [2.75, 3.05) is 39.4 Å². The molecule has 0 aromatic heterocycles. The summed E-state index contributed by atoms with van der Waals surface area (Å²) in [5.74, 6) is 0.882. The van der Waals surface area contributed by atoms with Gasteiger partial charge in [0.1, 0.15) is 0 Å². The van der Waals surface area contributed by atoms with Crippen LogP contribution in [0.1, 0.15) is 25.7 Å². The molecule has 6 nitrogen and oxygen atoms in total. The first-order valence-corrected chi connectivity index (χ1v) is 8.58. The number of nitrogens with two attached hydrogens (primary N) is 1. The van der Waals surface area contributed by atoms with Crippen molar-refractivity contribution in [3.8, 4) is 0 Å². The fraction of sp³-hybridized carbons (Fsp3) is 1.00. The first-order valence-electron chi connectivity index (χ1n) is 7.14. The number of piperidine rings is 1.